The highest BCUT2D eigenvalue weighted by Gasteiger charge is 2.26. The molecule has 2 atom stereocenters. The van der Waals surface area contributed by atoms with Crippen LogP contribution in [0.4, 0.5) is 14.7 Å². The molecule has 1 aliphatic carbocycles. The minimum Gasteiger partial charge on any atom is -0.369 e. The molecule has 1 saturated carbocycles. The highest BCUT2D eigenvalue weighted by atomic mass is 19.2. The van der Waals surface area contributed by atoms with E-state index in [-0.39, 0.29) is 17.5 Å². The van der Waals surface area contributed by atoms with Crippen molar-refractivity contribution in [2.75, 3.05) is 5.73 Å². The van der Waals surface area contributed by atoms with Gasteiger partial charge < -0.3 is 10.3 Å². The van der Waals surface area contributed by atoms with Gasteiger partial charge in [0.2, 0.25) is 5.95 Å². The molecule has 2 aromatic rings. The second kappa shape index (κ2) is 4.47. The van der Waals surface area contributed by atoms with E-state index in [1.54, 1.807) is 4.57 Å². The topological polar surface area (TPSA) is 43.8 Å². The fourth-order valence-electron chi connectivity index (χ4n) is 3.15. The van der Waals surface area contributed by atoms with Crippen LogP contribution >= 0.6 is 0 Å². The number of benzene rings is 1. The molecule has 5 heteroatoms. The van der Waals surface area contributed by atoms with E-state index < -0.39 is 11.6 Å². The fourth-order valence-corrected chi connectivity index (χ4v) is 3.15. The molecule has 1 aromatic heterocycles. The second-order valence-electron chi connectivity index (χ2n) is 5.49. The predicted molar refractivity (Wildman–Crippen MR) is 70.7 cm³/mol. The summed E-state index contributed by atoms with van der Waals surface area (Å²) in [7, 11) is 0. The molecule has 3 rings (SSSR count). The summed E-state index contributed by atoms with van der Waals surface area (Å²) in [5, 5.41) is 0. The summed E-state index contributed by atoms with van der Waals surface area (Å²) in [6.45, 7) is 2.18. The third-order valence-electron chi connectivity index (χ3n) is 4.04. The average molecular weight is 265 g/mol. The van der Waals surface area contributed by atoms with Crippen LogP contribution in [0.15, 0.2) is 12.1 Å². The van der Waals surface area contributed by atoms with Crippen LogP contribution in [0.1, 0.15) is 38.6 Å². The van der Waals surface area contributed by atoms with Crippen molar-refractivity contribution in [2.24, 2.45) is 5.92 Å². The van der Waals surface area contributed by atoms with Crippen LogP contribution in [0.2, 0.25) is 0 Å². The van der Waals surface area contributed by atoms with Crippen LogP contribution < -0.4 is 5.73 Å². The van der Waals surface area contributed by atoms with Gasteiger partial charge in [-0.1, -0.05) is 19.8 Å². The van der Waals surface area contributed by atoms with Gasteiger partial charge in [-0.25, -0.2) is 13.8 Å². The summed E-state index contributed by atoms with van der Waals surface area (Å²) in [5.41, 5.74) is 6.54. The van der Waals surface area contributed by atoms with E-state index >= 15 is 0 Å². The van der Waals surface area contributed by atoms with E-state index in [9.17, 15) is 8.78 Å². The smallest absolute Gasteiger partial charge is 0.201 e. The molecule has 1 heterocycles. The molecule has 1 fully saturated rings. The molecule has 0 radical (unpaired) electrons. The van der Waals surface area contributed by atoms with E-state index in [4.69, 9.17) is 5.73 Å². The van der Waals surface area contributed by atoms with Crippen molar-refractivity contribution in [1.29, 1.82) is 0 Å². The van der Waals surface area contributed by atoms with Crippen molar-refractivity contribution >= 4 is 17.0 Å². The predicted octanol–water partition coefficient (Wildman–Crippen LogP) is 3.65. The molecule has 2 N–H and O–H groups in total. The molecular formula is C14H17F2N3. The number of hydrogen-bond acceptors (Lipinski definition) is 2. The molecule has 2 unspecified atom stereocenters. The quantitative estimate of drug-likeness (QED) is 0.855. The van der Waals surface area contributed by atoms with E-state index in [2.05, 4.69) is 11.9 Å². The van der Waals surface area contributed by atoms with Gasteiger partial charge in [0.05, 0.1) is 5.52 Å². The summed E-state index contributed by atoms with van der Waals surface area (Å²) < 4.78 is 29.1. The van der Waals surface area contributed by atoms with Gasteiger partial charge in [-0.05, 0) is 30.9 Å². The van der Waals surface area contributed by atoms with Crippen molar-refractivity contribution in [3.05, 3.63) is 23.8 Å². The summed E-state index contributed by atoms with van der Waals surface area (Å²) in [4.78, 5) is 4.15. The normalized spacial score (nSPS) is 23.9. The van der Waals surface area contributed by atoms with Gasteiger partial charge >= 0.3 is 0 Å². The van der Waals surface area contributed by atoms with Crippen LogP contribution in [-0.4, -0.2) is 9.55 Å². The zero-order valence-corrected chi connectivity index (χ0v) is 10.9. The molecule has 0 saturated heterocycles. The maximum absolute atomic E-state index is 14.0. The first kappa shape index (κ1) is 12.4. The van der Waals surface area contributed by atoms with E-state index in [0.717, 1.165) is 25.3 Å². The molecule has 19 heavy (non-hydrogen) atoms. The monoisotopic (exact) mass is 265 g/mol. The molecule has 1 aromatic carbocycles. The van der Waals surface area contributed by atoms with Crippen molar-refractivity contribution in [3.8, 4) is 0 Å². The minimum absolute atomic E-state index is 0.116. The van der Waals surface area contributed by atoms with Gasteiger partial charge in [0.1, 0.15) is 5.52 Å². The number of imidazole rings is 1. The second-order valence-corrected chi connectivity index (χ2v) is 5.49. The number of aromatic nitrogens is 2. The highest BCUT2D eigenvalue weighted by molar-refractivity contribution is 5.79. The summed E-state index contributed by atoms with van der Waals surface area (Å²) in [6.07, 6.45) is 4.14. The Labute approximate surface area is 110 Å². The van der Waals surface area contributed by atoms with E-state index in [1.807, 2.05) is 0 Å². The lowest BCUT2D eigenvalue weighted by molar-refractivity contribution is 0.288. The Bertz CT molecular complexity index is 621. The van der Waals surface area contributed by atoms with E-state index in [1.165, 1.54) is 12.5 Å². The summed E-state index contributed by atoms with van der Waals surface area (Å²) in [5.74, 6) is -0.844. The Morgan fingerprint density at radius 3 is 2.84 bits per heavy atom. The van der Waals surface area contributed by atoms with Gasteiger partial charge in [-0.2, -0.15) is 0 Å². The zero-order chi connectivity index (χ0) is 13.6. The number of fused-ring (bicyclic) bond motifs is 1. The number of rotatable bonds is 1. The number of nitrogens with two attached hydrogens (primary N) is 1. The van der Waals surface area contributed by atoms with Crippen LogP contribution in [-0.2, 0) is 0 Å². The number of nitrogens with zero attached hydrogens (tertiary/aromatic N) is 2. The van der Waals surface area contributed by atoms with Crippen molar-refractivity contribution in [1.82, 2.24) is 9.55 Å². The lowest BCUT2D eigenvalue weighted by atomic mass is 9.87. The summed E-state index contributed by atoms with van der Waals surface area (Å²) >= 11 is 0. The lowest BCUT2D eigenvalue weighted by Gasteiger charge is -2.28. The largest absolute Gasteiger partial charge is 0.369 e. The van der Waals surface area contributed by atoms with Gasteiger partial charge in [-0.15, -0.1) is 0 Å². The number of nitrogen functional groups attached to an aromatic ring is 1. The fraction of sp³-hybridized carbons (Fsp3) is 0.500. The van der Waals surface area contributed by atoms with Crippen LogP contribution in [0.3, 0.4) is 0 Å². The number of halogens is 2. The van der Waals surface area contributed by atoms with Gasteiger partial charge in [0, 0.05) is 6.04 Å². The van der Waals surface area contributed by atoms with Gasteiger partial charge in [-0.3, -0.25) is 0 Å². The molecule has 102 valence electrons. The molecule has 1 aliphatic rings. The standard InChI is InChI=1S/C14H17F2N3/c1-8-3-2-4-9(7-8)19-13-11(18-14(19)17)6-5-10(15)12(13)16/h5-6,8-9H,2-4,7H2,1H3,(H2,17,18). The Morgan fingerprint density at radius 1 is 1.32 bits per heavy atom. The SMILES string of the molecule is CC1CCCC(n2c(N)nc3ccc(F)c(F)c32)C1. The van der Waals surface area contributed by atoms with Crippen LogP contribution in [0, 0.1) is 17.6 Å². The van der Waals surface area contributed by atoms with E-state index in [0.29, 0.717) is 11.4 Å². The van der Waals surface area contributed by atoms with Gasteiger partial charge in [0.25, 0.3) is 0 Å². The summed E-state index contributed by atoms with van der Waals surface area (Å²) in [6, 6.07) is 2.69. The minimum atomic E-state index is -0.850. The molecule has 0 amide bonds. The van der Waals surface area contributed by atoms with Crippen molar-refractivity contribution in [3.63, 3.8) is 0 Å². The third kappa shape index (κ3) is 1.97. The molecule has 3 nitrogen and oxygen atoms in total. The molecular weight excluding hydrogens is 248 g/mol. The van der Waals surface area contributed by atoms with Crippen LogP contribution in [0.25, 0.3) is 11.0 Å². The van der Waals surface area contributed by atoms with Crippen molar-refractivity contribution in [2.45, 2.75) is 38.6 Å². The zero-order valence-electron chi connectivity index (χ0n) is 10.9. The Balaban J connectivity index is 2.16. The maximum atomic E-state index is 14.0. The third-order valence-corrected chi connectivity index (χ3v) is 4.04. The Hall–Kier alpha value is -1.65. The Kier molecular flexibility index (Phi) is 2.92. The molecule has 0 bridgehead atoms. The maximum Gasteiger partial charge on any atom is 0.201 e. The van der Waals surface area contributed by atoms with Crippen LogP contribution in [0.5, 0.6) is 0 Å². The highest BCUT2D eigenvalue weighted by Crippen LogP contribution is 2.36. The Morgan fingerprint density at radius 2 is 2.11 bits per heavy atom. The number of hydrogen-bond donors (Lipinski definition) is 1. The first-order valence-corrected chi connectivity index (χ1v) is 6.69. The molecule has 0 spiro atoms. The molecule has 0 aliphatic heterocycles. The first-order valence-electron chi connectivity index (χ1n) is 6.69. The number of anilines is 1. The average Bonchev–Trinajstić information content (AvgIpc) is 2.71. The lowest BCUT2D eigenvalue weighted by Crippen LogP contribution is -2.19. The van der Waals surface area contributed by atoms with Crippen molar-refractivity contribution < 1.29 is 8.78 Å². The van der Waals surface area contributed by atoms with Gasteiger partial charge in [0.15, 0.2) is 11.6 Å². The first-order chi connectivity index (χ1) is 9.08.